The van der Waals surface area contributed by atoms with Crippen molar-refractivity contribution in [3.8, 4) is 0 Å². The lowest BCUT2D eigenvalue weighted by Gasteiger charge is -2.28. The van der Waals surface area contributed by atoms with Crippen molar-refractivity contribution < 1.29 is 0 Å². The highest BCUT2D eigenvalue weighted by Crippen LogP contribution is 2.51. The van der Waals surface area contributed by atoms with E-state index in [0.717, 1.165) is 30.2 Å². The number of hydrogen-bond donors (Lipinski definition) is 1. The van der Waals surface area contributed by atoms with Gasteiger partial charge in [0, 0.05) is 6.04 Å². The van der Waals surface area contributed by atoms with E-state index in [1.807, 2.05) is 0 Å². The summed E-state index contributed by atoms with van der Waals surface area (Å²) >= 11 is 0. The van der Waals surface area contributed by atoms with Crippen molar-refractivity contribution in [2.24, 2.45) is 17.8 Å². The molecular weight excluding hydrogens is 230 g/mol. The molecule has 106 valence electrons. The van der Waals surface area contributed by atoms with Gasteiger partial charge in [0.15, 0.2) is 0 Å². The minimum absolute atomic E-state index is 0.685. The zero-order valence-corrected chi connectivity index (χ0v) is 12.9. The van der Waals surface area contributed by atoms with Crippen LogP contribution in [0.5, 0.6) is 0 Å². The first-order valence-corrected chi connectivity index (χ1v) is 7.93. The molecule has 19 heavy (non-hydrogen) atoms. The van der Waals surface area contributed by atoms with E-state index in [1.54, 1.807) is 0 Å². The van der Waals surface area contributed by atoms with Crippen molar-refractivity contribution in [2.75, 3.05) is 6.54 Å². The van der Waals surface area contributed by atoms with Gasteiger partial charge >= 0.3 is 0 Å². The Hall–Kier alpha value is -0.820. The molecule has 1 aromatic rings. The molecule has 0 amide bonds. The van der Waals surface area contributed by atoms with Gasteiger partial charge in [-0.05, 0) is 48.6 Å². The fourth-order valence-corrected chi connectivity index (χ4v) is 3.15. The van der Waals surface area contributed by atoms with Crippen molar-refractivity contribution in [2.45, 2.75) is 52.5 Å². The molecule has 1 aliphatic carbocycles. The average molecular weight is 259 g/mol. The number of nitrogens with one attached hydrogen (secondary N) is 1. The van der Waals surface area contributed by atoms with Gasteiger partial charge in [-0.15, -0.1) is 0 Å². The maximum atomic E-state index is 3.81. The van der Waals surface area contributed by atoms with Gasteiger partial charge in [0.2, 0.25) is 0 Å². The summed E-state index contributed by atoms with van der Waals surface area (Å²) in [5.74, 6) is 3.14. The summed E-state index contributed by atoms with van der Waals surface area (Å²) in [6, 6.07) is 11.7. The van der Waals surface area contributed by atoms with Crippen LogP contribution in [0.1, 0.15) is 52.0 Å². The Balaban J connectivity index is 2.01. The highest BCUT2D eigenvalue weighted by molar-refractivity contribution is 5.26. The molecule has 4 atom stereocenters. The number of rotatable bonds is 7. The number of benzene rings is 1. The van der Waals surface area contributed by atoms with Crippen LogP contribution in [0.2, 0.25) is 0 Å². The molecule has 0 bridgehead atoms. The van der Waals surface area contributed by atoms with E-state index in [9.17, 15) is 0 Å². The Kier molecular flexibility index (Phi) is 5.04. The predicted molar refractivity (Wildman–Crippen MR) is 83.4 cm³/mol. The first-order chi connectivity index (χ1) is 9.15. The predicted octanol–water partition coefficient (Wildman–Crippen LogP) is 4.45. The monoisotopic (exact) mass is 259 g/mol. The molecule has 0 aromatic heterocycles. The molecule has 0 heterocycles. The topological polar surface area (TPSA) is 12.0 Å². The molecule has 0 saturated heterocycles. The molecule has 0 aliphatic heterocycles. The quantitative estimate of drug-likeness (QED) is 0.763. The van der Waals surface area contributed by atoms with Gasteiger partial charge in [-0.1, -0.05) is 58.0 Å². The molecule has 2 rings (SSSR count). The lowest BCUT2D eigenvalue weighted by Crippen LogP contribution is -2.39. The Morgan fingerprint density at radius 2 is 1.84 bits per heavy atom. The van der Waals surface area contributed by atoms with E-state index < -0.39 is 0 Å². The van der Waals surface area contributed by atoms with Gasteiger partial charge in [0.25, 0.3) is 0 Å². The van der Waals surface area contributed by atoms with Gasteiger partial charge < -0.3 is 5.32 Å². The Morgan fingerprint density at radius 1 is 1.16 bits per heavy atom. The first-order valence-electron chi connectivity index (χ1n) is 7.93. The number of hydrogen-bond acceptors (Lipinski definition) is 1. The summed E-state index contributed by atoms with van der Waals surface area (Å²) < 4.78 is 0. The van der Waals surface area contributed by atoms with E-state index in [-0.39, 0.29) is 0 Å². The molecule has 1 aliphatic rings. The van der Waals surface area contributed by atoms with Crippen molar-refractivity contribution in [3.05, 3.63) is 35.9 Å². The summed E-state index contributed by atoms with van der Waals surface area (Å²) in [6.45, 7) is 10.5. The molecule has 1 aromatic carbocycles. The smallest absolute Gasteiger partial charge is 0.0129 e. The van der Waals surface area contributed by atoms with Crippen LogP contribution in [0.25, 0.3) is 0 Å². The lowest BCUT2D eigenvalue weighted by atomic mass is 9.86. The second-order valence-corrected chi connectivity index (χ2v) is 6.50. The standard InChI is InChI=1S/C18H29N/c1-5-11-19-18(14(4)13(2)3)17-12-16(17)15-9-7-6-8-10-15/h6-10,13-14,16-19H,5,11-12H2,1-4H3. The SMILES string of the molecule is CCCNC(C(C)C(C)C)C1CC1c1ccccc1. The Bertz CT molecular complexity index is 371. The van der Waals surface area contributed by atoms with Crippen LogP contribution in [0.15, 0.2) is 30.3 Å². The molecule has 0 spiro atoms. The van der Waals surface area contributed by atoms with Crippen LogP contribution in [-0.2, 0) is 0 Å². The fourth-order valence-electron chi connectivity index (χ4n) is 3.15. The summed E-state index contributed by atoms with van der Waals surface area (Å²) in [6.07, 6.45) is 2.59. The van der Waals surface area contributed by atoms with Gasteiger partial charge in [0.05, 0.1) is 0 Å². The van der Waals surface area contributed by atoms with E-state index in [0.29, 0.717) is 6.04 Å². The second kappa shape index (κ2) is 6.56. The van der Waals surface area contributed by atoms with Crippen LogP contribution in [0.4, 0.5) is 0 Å². The van der Waals surface area contributed by atoms with Crippen LogP contribution in [0, 0.1) is 17.8 Å². The van der Waals surface area contributed by atoms with Crippen molar-refractivity contribution in [1.29, 1.82) is 0 Å². The Morgan fingerprint density at radius 3 is 2.42 bits per heavy atom. The lowest BCUT2D eigenvalue weighted by molar-refractivity contribution is 0.271. The highest BCUT2D eigenvalue weighted by atomic mass is 14.9. The maximum absolute atomic E-state index is 3.81. The van der Waals surface area contributed by atoms with E-state index in [2.05, 4.69) is 63.3 Å². The van der Waals surface area contributed by atoms with Crippen LogP contribution in [0.3, 0.4) is 0 Å². The largest absolute Gasteiger partial charge is 0.313 e. The minimum Gasteiger partial charge on any atom is -0.313 e. The van der Waals surface area contributed by atoms with E-state index in [4.69, 9.17) is 0 Å². The maximum Gasteiger partial charge on any atom is 0.0129 e. The normalized spacial score (nSPS) is 25.3. The summed E-state index contributed by atoms with van der Waals surface area (Å²) in [5.41, 5.74) is 1.53. The van der Waals surface area contributed by atoms with E-state index >= 15 is 0 Å². The van der Waals surface area contributed by atoms with Crippen LogP contribution in [-0.4, -0.2) is 12.6 Å². The van der Waals surface area contributed by atoms with Gasteiger partial charge in [-0.3, -0.25) is 0 Å². The zero-order chi connectivity index (χ0) is 13.8. The van der Waals surface area contributed by atoms with Gasteiger partial charge in [-0.25, -0.2) is 0 Å². The third kappa shape index (κ3) is 3.60. The third-order valence-corrected chi connectivity index (χ3v) is 4.78. The van der Waals surface area contributed by atoms with Crippen molar-refractivity contribution >= 4 is 0 Å². The second-order valence-electron chi connectivity index (χ2n) is 6.50. The van der Waals surface area contributed by atoms with Crippen molar-refractivity contribution in [3.63, 3.8) is 0 Å². The molecule has 0 radical (unpaired) electrons. The zero-order valence-electron chi connectivity index (χ0n) is 12.9. The molecule has 1 heteroatoms. The molecule has 1 N–H and O–H groups in total. The summed E-state index contributed by atoms with van der Waals surface area (Å²) in [5, 5.41) is 3.81. The molecular formula is C18H29N. The molecule has 1 fully saturated rings. The minimum atomic E-state index is 0.685. The third-order valence-electron chi connectivity index (χ3n) is 4.78. The average Bonchev–Trinajstić information content (AvgIpc) is 3.20. The van der Waals surface area contributed by atoms with Gasteiger partial charge in [0.1, 0.15) is 0 Å². The molecule has 4 unspecified atom stereocenters. The van der Waals surface area contributed by atoms with Crippen LogP contribution < -0.4 is 5.32 Å². The fraction of sp³-hybridized carbons (Fsp3) is 0.667. The first kappa shape index (κ1) is 14.6. The highest BCUT2D eigenvalue weighted by Gasteiger charge is 2.45. The Labute approximate surface area is 118 Å². The summed E-state index contributed by atoms with van der Waals surface area (Å²) in [4.78, 5) is 0. The van der Waals surface area contributed by atoms with Crippen molar-refractivity contribution in [1.82, 2.24) is 5.32 Å². The molecule has 1 nitrogen and oxygen atoms in total. The molecule has 1 saturated carbocycles. The summed E-state index contributed by atoms with van der Waals surface area (Å²) in [7, 11) is 0. The van der Waals surface area contributed by atoms with Gasteiger partial charge in [-0.2, -0.15) is 0 Å². The van der Waals surface area contributed by atoms with E-state index in [1.165, 1.54) is 18.4 Å². The van der Waals surface area contributed by atoms with Crippen LogP contribution >= 0.6 is 0 Å².